The van der Waals surface area contributed by atoms with Gasteiger partial charge in [-0.1, -0.05) is 31.2 Å². The quantitative estimate of drug-likeness (QED) is 0.720. The second-order valence-electron chi connectivity index (χ2n) is 7.50. The summed E-state index contributed by atoms with van der Waals surface area (Å²) in [6, 6.07) is 9.39. The summed E-state index contributed by atoms with van der Waals surface area (Å²) in [5, 5.41) is 1.66. The van der Waals surface area contributed by atoms with Crippen molar-refractivity contribution in [2.24, 2.45) is 0 Å². The minimum Gasteiger partial charge on any atom is -0.339 e. The Morgan fingerprint density at radius 3 is 2.33 bits per heavy atom. The SMILES string of the molecule is CCC(=O)N1CCN(C(=O)c2sccc2S(=O)(=O)N2CCc3ccccc3C2)CC1. The average Bonchev–Trinajstić information content (AvgIpc) is 3.28. The fraction of sp³-hybridized carbons (Fsp3) is 0.429. The maximum Gasteiger partial charge on any atom is 0.265 e. The van der Waals surface area contributed by atoms with Gasteiger partial charge in [-0.3, -0.25) is 9.59 Å². The maximum absolute atomic E-state index is 13.4. The van der Waals surface area contributed by atoms with E-state index in [-0.39, 0.29) is 21.6 Å². The molecular weight excluding hydrogens is 422 g/mol. The van der Waals surface area contributed by atoms with E-state index in [0.717, 1.165) is 16.9 Å². The molecule has 1 aromatic heterocycles. The number of rotatable bonds is 4. The Morgan fingerprint density at radius 1 is 0.967 bits per heavy atom. The Labute approximate surface area is 180 Å². The number of hydrogen-bond acceptors (Lipinski definition) is 5. The van der Waals surface area contributed by atoms with Gasteiger partial charge in [-0.15, -0.1) is 11.3 Å². The molecule has 1 fully saturated rings. The van der Waals surface area contributed by atoms with Gasteiger partial charge in [-0.05, 0) is 29.0 Å². The van der Waals surface area contributed by atoms with Crippen LogP contribution < -0.4 is 0 Å². The Morgan fingerprint density at radius 2 is 1.63 bits per heavy atom. The number of benzene rings is 1. The number of carbonyl (C=O) groups excluding carboxylic acids is 2. The van der Waals surface area contributed by atoms with Crippen molar-refractivity contribution in [2.75, 3.05) is 32.7 Å². The first-order valence-electron chi connectivity index (χ1n) is 10.1. The van der Waals surface area contributed by atoms with Crippen LogP contribution in [0, 0.1) is 0 Å². The predicted octanol–water partition coefficient (Wildman–Crippen LogP) is 2.19. The monoisotopic (exact) mass is 447 g/mol. The molecule has 3 heterocycles. The molecule has 2 aliphatic heterocycles. The average molecular weight is 448 g/mol. The molecule has 0 bridgehead atoms. The van der Waals surface area contributed by atoms with E-state index >= 15 is 0 Å². The number of thiophene rings is 1. The van der Waals surface area contributed by atoms with Gasteiger partial charge in [0.1, 0.15) is 9.77 Å². The zero-order chi connectivity index (χ0) is 21.3. The van der Waals surface area contributed by atoms with Crippen molar-refractivity contribution in [3.8, 4) is 0 Å². The van der Waals surface area contributed by atoms with Crippen LogP contribution in [0.1, 0.15) is 34.1 Å². The van der Waals surface area contributed by atoms with E-state index in [1.54, 1.807) is 15.2 Å². The summed E-state index contributed by atoms with van der Waals surface area (Å²) in [7, 11) is -3.77. The van der Waals surface area contributed by atoms with Crippen LogP contribution in [0.25, 0.3) is 0 Å². The van der Waals surface area contributed by atoms with Crippen LogP contribution >= 0.6 is 11.3 Å². The van der Waals surface area contributed by atoms with Crippen molar-refractivity contribution < 1.29 is 18.0 Å². The third-order valence-corrected chi connectivity index (χ3v) is 8.68. The van der Waals surface area contributed by atoms with Crippen LogP contribution in [0.3, 0.4) is 0 Å². The molecule has 2 aliphatic rings. The molecule has 0 radical (unpaired) electrons. The highest BCUT2D eigenvalue weighted by molar-refractivity contribution is 7.89. The first kappa shape index (κ1) is 21.0. The molecular formula is C21H25N3O4S2. The van der Waals surface area contributed by atoms with Crippen molar-refractivity contribution in [3.63, 3.8) is 0 Å². The van der Waals surface area contributed by atoms with Gasteiger partial charge in [0, 0.05) is 45.7 Å². The molecule has 4 rings (SSSR count). The van der Waals surface area contributed by atoms with Crippen LogP contribution in [-0.2, 0) is 27.8 Å². The summed E-state index contributed by atoms with van der Waals surface area (Å²) in [5.74, 6) is -0.198. The lowest BCUT2D eigenvalue weighted by Crippen LogP contribution is -2.50. The number of amides is 2. The highest BCUT2D eigenvalue weighted by atomic mass is 32.2. The zero-order valence-corrected chi connectivity index (χ0v) is 18.5. The van der Waals surface area contributed by atoms with Crippen molar-refractivity contribution >= 4 is 33.2 Å². The summed E-state index contributed by atoms with van der Waals surface area (Å²) in [5.41, 5.74) is 2.18. The third-order valence-electron chi connectivity index (χ3n) is 5.76. The number of sulfonamides is 1. The second-order valence-corrected chi connectivity index (χ2v) is 10.3. The zero-order valence-electron chi connectivity index (χ0n) is 16.9. The van der Waals surface area contributed by atoms with Crippen molar-refractivity contribution in [3.05, 3.63) is 51.7 Å². The molecule has 0 saturated carbocycles. The van der Waals surface area contributed by atoms with Gasteiger partial charge in [0.15, 0.2) is 0 Å². The van der Waals surface area contributed by atoms with Crippen LogP contribution in [0.5, 0.6) is 0 Å². The number of fused-ring (bicyclic) bond motifs is 1. The van der Waals surface area contributed by atoms with Gasteiger partial charge in [-0.25, -0.2) is 8.42 Å². The third kappa shape index (κ3) is 3.89. The Hall–Kier alpha value is -2.23. The van der Waals surface area contributed by atoms with Gasteiger partial charge in [0.25, 0.3) is 5.91 Å². The molecule has 0 spiro atoms. The van der Waals surface area contributed by atoms with E-state index < -0.39 is 10.0 Å². The molecule has 2 aromatic rings. The van der Waals surface area contributed by atoms with Crippen LogP contribution in [0.4, 0.5) is 0 Å². The topological polar surface area (TPSA) is 78.0 Å². The van der Waals surface area contributed by atoms with Crippen molar-refractivity contribution in [1.82, 2.24) is 14.1 Å². The fourth-order valence-corrected chi connectivity index (χ4v) is 6.78. The lowest BCUT2D eigenvalue weighted by Gasteiger charge is -2.34. The molecule has 0 aliphatic carbocycles. The summed E-state index contributed by atoms with van der Waals surface area (Å²) in [4.78, 5) is 28.7. The largest absolute Gasteiger partial charge is 0.339 e. The first-order chi connectivity index (χ1) is 14.4. The van der Waals surface area contributed by atoms with E-state index in [4.69, 9.17) is 0 Å². The Kier molecular flexibility index (Phi) is 5.95. The lowest BCUT2D eigenvalue weighted by molar-refractivity contribution is -0.132. The summed E-state index contributed by atoms with van der Waals surface area (Å²) in [6.07, 6.45) is 1.11. The Bertz CT molecular complexity index is 1060. The molecule has 7 nitrogen and oxygen atoms in total. The lowest BCUT2D eigenvalue weighted by atomic mass is 10.0. The molecule has 1 aromatic carbocycles. The van der Waals surface area contributed by atoms with E-state index in [0.29, 0.717) is 52.1 Å². The molecule has 0 atom stereocenters. The molecule has 160 valence electrons. The van der Waals surface area contributed by atoms with Crippen LogP contribution in [0.15, 0.2) is 40.6 Å². The molecule has 30 heavy (non-hydrogen) atoms. The Balaban J connectivity index is 1.52. The molecule has 2 amide bonds. The van der Waals surface area contributed by atoms with Gasteiger partial charge in [-0.2, -0.15) is 4.31 Å². The maximum atomic E-state index is 13.4. The number of nitrogens with zero attached hydrogens (tertiary/aromatic N) is 3. The fourth-order valence-electron chi connectivity index (χ4n) is 4.00. The van der Waals surface area contributed by atoms with Crippen molar-refractivity contribution in [2.45, 2.75) is 31.2 Å². The molecule has 0 unspecified atom stereocenters. The molecule has 9 heteroatoms. The van der Waals surface area contributed by atoms with Crippen LogP contribution in [0.2, 0.25) is 0 Å². The highest BCUT2D eigenvalue weighted by Gasteiger charge is 2.34. The number of hydrogen-bond donors (Lipinski definition) is 0. The molecule has 0 N–H and O–H groups in total. The normalized spacial score (nSPS) is 17.6. The summed E-state index contributed by atoms with van der Waals surface area (Å²) in [6.45, 7) is 4.34. The smallest absolute Gasteiger partial charge is 0.265 e. The second kappa shape index (κ2) is 8.49. The number of carbonyl (C=O) groups is 2. The van der Waals surface area contributed by atoms with Gasteiger partial charge >= 0.3 is 0 Å². The van der Waals surface area contributed by atoms with E-state index in [1.807, 2.05) is 31.2 Å². The first-order valence-corrected chi connectivity index (χ1v) is 12.4. The molecule has 1 saturated heterocycles. The summed E-state index contributed by atoms with van der Waals surface area (Å²) >= 11 is 1.16. The number of piperazine rings is 1. The van der Waals surface area contributed by atoms with Crippen molar-refractivity contribution in [1.29, 1.82) is 0 Å². The van der Waals surface area contributed by atoms with E-state index in [2.05, 4.69) is 0 Å². The van der Waals surface area contributed by atoms with Crippen LogP contribution in [-0.4, -0.2) is 67.1 Å². The van der Waals surface area contributed by atoms with Gasteiger partial charge in [0.05, 0.1) is 0 Å². The van der Waals surface area contributed by atoms with Gasteiger partial charge < -0.3 is 9.80 Å². The van der Waals surface area contributed by atoms with E-state index in [1.165, 1.54) is 15.9 Å². The van der Waals surface area contributed by atoms with Gasteiger partial charge in [0.2, 0.25) is 15.9 Å². The predicted molar refractivity (Wildman–Crippen MR) is 115 cm³/mol. The minimum absolute atomic E-state index is 0.0758. The standard InChI is InChI=1S/C21H25N3O4S2/c1-2-19(25)22-10-12-23(13-11-22)21(26)20-18(8-14-29-20)30(27,28)24-9-7-16-5-3-4-6-17(16)15-24/h3-6,8,14H,2,7,9-13,15H2,1H3. The highest BCUT2D eigenvalue weighted by Crippen LogP contribution is 2.30. The minimum atomic E-state index is -3.77. The summed E-state index contributed by atoms with van der Waals surface area (Å²) < 4.78 is 28.2. The van der Waals surface area contributed by atoms with E-state index in [9.17, 15) is 18.0 Å².